The summed E-state index contributed by atoms with van der Waals surface area (Å²) in [6.45, 7) is 5.37. The Balaban J connectivity index is 2.79. The van der Waals surface area contributed by atoms with E-state index in [1.807, 2.05) is 0 Å². The van der Waals surface area contributed by atoms with E-state index in [-0.39, 0.29) is 11.7 Å². The molecule has 14 heavy (non-hydrogen) atoms. The van der Waals surface area contributed by atoms with Gasteiger partial charge in [-0.15, -0.1) is 0 Å². The SMILES string of the molecule is CC(C)(C)c1nc(CC(F)(F)F)no1. The van der Waals surface area contributed by atoms with Gasteiger partial charge in [0.05, 0.1) is 0 Å². The molecule has 0 unspecified atom stereocenters. The van der Waals surface area contributed by atoms with Crippen LogP contribution in [0.1, 0.15) is 32.5 Å². The Hall–Kier alpha value is -1.07. The summed E-state index contributed by atoms with van der Waals surface area (Å²) in [5, 5.41) is 3.26. The second kappa shape index (κ2) is 3.25. The van der Waals surface area contributed by atoms with Crippen molar-refractivity contribution in [3.63, 3.8) is 0 Å². The predicted molar refractivity (Wildman–Crippen MR) is 42.8 cm³/mol. The van der Waals surface area contributed by atoms with E-state index in [9.17, 15) is 13.2 Å². The lowest BCUT2D eigenvalue weighted by Crippen LogP contribution is -2.14. The first kappa shape index (κ1) is 11.0. The van der Waals surface area contributed by atoms with Crippen molar-refractivity contribution in [3.05, 3.63) is 11.7 Å². The molecule has 0 spiro atoms. The molecular weight excluding hydrogens is 197 g/mol. The highest BCUT2D eigenvalue weighted by molar-refractivity contribution is 4.98. The van der Waals surface area contributed by atoms with Crippen molar-refractivity contribution in [1.29, 1.82) is 0 Å². The monoisotopic (exact) mass is 208 g/mol. The quantitative estimate of drug-likeness (QED) is 0.711. The van der Waals surface area contributed by atoms with Gasteiger partial charge in [-0.2, -0.15) is 18.2 Å². The second-order valence-electron chi connectivity index (χ2n) is 4.06. The molecule has 0 aliphatic carbocycles. The van der Waals surface area contributed by atoms with E-state index in [2.05, 4.69) is 10.1 Å². The first-order valence-corrected chi connectivity index (χ1v) is 4.08. The fourth-order valence-corrected chi connectivity index (χ4v) is 0.810. The summed E-state index contributed by atoms with van der Waals surface area (Å²) >= 11 is 0. The van der Waals surface area contributed by atoms with Gasteiger partial charge in [0.25, 0.3) is 0 Å². The maximum atomic E-state index is 11.9. The van der Waals surface area contributed by atoms with E-state index in [1.165, 1.54) is 0 Å². The molecule has 6 heteroatoms. The molecular formula is C8H11F3N2O. The molecule has 3 nitrogen and oxygen atoms in total. The molecule has 0 saturated carbocycles. The summed E-state index contributed by atoms with van der Waals surface area (Å²) < 4.78 is 40.5. The lowest BCUT2D eigenvalue weighted by Gasteiger charge is -2.10. The molecule has 0 aliphatic heterocycles. The minimum atomic E-state index is -4.29. The van der Waals surface area contributed by atoms with Crippen molar-refractivity contribution >= 4 is 0 Å². The topological polar surface area (TPSA) is 38.9 Å². The summed E-state index contributed by atoms with van der Waals surface area (Å²) in [7, 11) is 0. The van der Waals surface area contributed by atoms with Crippen molar-refractivity contribution in [3.8, 4) is 0 Å². The van der Waals surface area contributed by atoms with Crippen molar-refractivity contribution in [2.24, 2.45) is 0 Å². The summed E-state index contributed by atoms with van der Waals surface area (Å²) in [5.41, 5.74) is -0.420. The van der Waals surface area contributed by atoms with E-state index in [4.69, 9.17) is 4.52 Å². The van der Waals surface area contributed by atoms with Gasteiger partial charge in [0, 0.05) is 5.41 Å². The molecule has 1 aromatic heterocycles. The Morgan fingerprint density at radius 3 is 2.14 bits per heavy atom. The summed E-state index contributed by atoms with van der Waals surface area (Å²) in [5.74, 6) is -0.0980. The fraction of sp³-hybridized carbons (Fsp3) is 0.750. The maximum Gasteiger partial charge on any atom is 0.396 e. The number of nitrogens with zero attached hydrogens (tertiary/aromatic N) is 2. The zero-order chi connectivity index (χ0) is 11.0. The van der Waals surface area contributed by atoms with Crippen LogP contribution >= 0.6 is 0 Å². The number of rotatable bonds is 1. The van der Waals surface area contributed by atoms with Gasteiger partial charge in [0.2, 0.25) is 5.89 Å². The third kappa shape index (κ3) is 3.01. The number of aromatic nitrogens is 2. The van der Waals surface area contributed by atoms with Crippen molar-refractivity contribution in [1.82, 2.24) is 10.1 Å². The summed E-state index contributed by atoms with van der Waals surface area (Å²) in [6, 6.07) is 0. The minimum Gasteiger partial charge on any atom is -0.339 e. The van der Waals surface area contributed by atoms with Crippen LogP contribution in [0, 0.1) is 0 Å². The number of halogens is 3. The van der Waals surface area contributed by atoms with Crippen molar-refractivity contribution in [2.45, 2.75) is 38.8 Å². The normalized spacial score (nSPS) is 13.3. The summed E-state index contributed by atoms with van der Waals surface area (Å²) in [4.78, 5) is 3.67. The van der Waals surface area contributed by atoms with Crippen LogP contribution < -0.4 is 0 Å². The van der Waals surface area contributed by atoms with E-state index >= 15 is 0 Å². The maximum absolute atomic E-state index is 11.9. The van der Waals surface area contributed by atoms with Crippen molar-refractivity contribution in [2.75, 3.05) is 0 Å². The van der Waals surface area contributed by atoms with Gasteiger partial charge < -0.3 is 4.52 Å². The summed E-state index contributed by atoms with van der Waals surface area (Å²) in [6.07, 6.45) is -5.44. The zero-order valence-electron chi connectivity index (χ0n) is 8.14. The molecule has 0 atom stereocenters. The molecule has 1 heterocycles. The Morgan fingerprint density at radius 1 is 1.21 bits per heavy atom. The molecule has 1 rings (SSSR count). The minimum absolute atomic E-state index is 0.219. The molecule has 0 aliphatic rings. The van der Waals surface area contributed by atoms with Gasteiger partial charge in [-0.3, -0.25) is 0 Å². The van der Waals surface area contributed by atoms with Gasteiger partial charge >= 0.3 is 6.18 Å². The van der Waals surface area contributed by atoms with E-state index < -0.39 is 18.0 Å². The van der Waals surface area contributed by atoms with Gasteiger partial charge in [0.15, 0.2) is 5.82 Å². The number of hydrogen-bond acceptors (Lipinski definition) is 3. The molecule has 1 aromatic rings. The van der Waals surface area contributed by atoms with Crippen LogP contribution in [0.5, 0.6) is 0 Å². The highest BCUT2D eigenvalue weighted by Crippen LogP contribution is 2.23. The third-order valence-corrected chi connectivity index (χ3v) is 1.47. The first-order chi connectivity index (χ1) is 6.18. The highest BCUT2D eigenvalue weighted by Gasteiger charge is 2.31. The molecule has 0 saturated heterocycles. The molecule has 0 N–H and O–H groups in total. The van der Waals surface area contributed by atoms with Gasteiger partial charge in [-0.05, 0) is 0 Å². The van der Waals surface area contributed by atoms with E-state index in [0.29, 0.717) is 0 Å². The highest BCUT2D eigenvalue weighted by atomic mass is 19.4. The fourth-order valence-electron chi connectivity index (χ4n) is 0.810. The lowest BCUT2D eigenvalue weighted by molar-refractivity contribution is -0.128. The van der Waals surface area contributed by atoms with Gasteiger partial charge in [0.1, 0.15) is 6.42 Å². The standard InChI is InChI=1S/C8H11F3N2O/c1-7(2,3)6-12-5(13-14-6)4-8(9,10)11/h4H2,1-3H3. The average molecular weight is 208 g/mol. The Bertz CT molecular complexity index is 311. The first-order valence-electron chi connectivity index (χ1n) is 4.08. The molecule has 0 amide bonds. The molecule has 0 aromatic carbocycles. The van der Waals surface area contributed by atoms with Crippen LogP contribution in [0.25, 0.3) is 0 Å². The third-order valence-electron chi connectivity index (χ3n) is 1.47. The van der Waals surface area contributed by atoms with Crippen LogP contribution in [0.4, 0.5) is 13.2 Å². The molecule has 0 radical (unpaired) electrons. The predicted octanol–water partition coefficient (Wildman–Crippen LogP) is 2.47. The Labute approximate surface area is 79.3 Å². The van der Waals surface area contributed by atoms with Crippen LogP contribution in [-0.2, 0) is 11.8 Å². The lowest BCUT2D eigenvalue weighted by atomic mass is 9.97. The Morgan fingerprint density at radius 2 is 1.79 bits per heavy atom. The van der Waals surface area contributed by atoms with Crippen LogP contribution in [0.2, 0.25) is 0 Å². The van der Waals surface area contributed by atoms with Gasteiger partial charge in [-0.25, -0.2) is 0 Å². The smallest absolute Gasteiger partial charge is 0.339 e. The zero-order valence-corrected chi connectivity index (χ0v) is 8.14. The number of hydrogen-bond donors (Lipinski definition) is 0. The molecule has 0 fully saturated rings. The van der Waals surface area contributed by atoms with Crippen molar-refractivity contribution < 1.29 is 17.7 Å². The Kier molecular flexibility index (Phi) is 2.56. The molecule has 0 bridgehead atoms. The van der Waals surface area contributed by atoms with E-state index in [0.717, 1.165) is 0 Å². The second-order valence-corrected chi connectivity index (χ2v) is 4.06. The van der Waals surface area contributed by atoms with E-state index in [1.54, 1.807) is 20.8 Å². The largest absolute Gasteiger partial charge is 0.396 e. The van der Waals surface area contributed by atoms with Gasteiger partial charge in [-0.1, -0.05) is 25.9 Å². The van der Waals surface area contributed by atoms with Crippen LogP contribution in [-0.4, -0.2) is 16.3 Å². The van der Waals surface area contributed by atoms with Crippen LogP contribution in [0.3, 0.4) is 0 Å². The number of alkyl halides is 3. The molecule has 80 valence electrons. The van der Waals surface area contributed by atoms with Crippen LogP contribution in [0.15, 0.2) is 4.52 Å². The average Bonchev–Trinajstić information content (AvgIpc) is 2.29.